The minimum Gasteiger partial charge on any atom is -0.495 e. The van der Waals surface area contributed by atoms with Gasteiger partial charge in [-0.2, -0.15) is 0 Å². The monoisotopic (exact) mass is 557 g/mol. The molecule has 0 radical (unpaired) electrons. The quantitative estimate of drug-likeness (QED) is 0.377. The molecule has 202 valence electrons. The third-order valence-electron chi connectivity index (χ3n) is 6.27. The van der Waals surface area contributed by atoms with Crippen molar-refractivity contribution in [2.45, 2.75) is 37.8 Å². The van der Waals surface area contributed by atoms with Crippen LogP contribution >= 0.6 is 11.6 Å². The number of nitrogens with one attached hydrogen (secondary N) is 1. The van der Waals surface area contributed by atoms with Gasteiger partial charge in [-0.25, -0.2) is 8.42 Å². The van der Waals surface area contributed by atoms with Crippen LogP contribution in [-0.2, 0) is 26.2 Å². The minimum absolute atomic E-state index is 0.0172. The SMILES string of the molecule is CC[C@@H](C(=O)NC)N(Cc1ccccc1C)C(=O)CN(c1ccc(OC)c(Cl)c1)S(=O)(=O)c1ccccc1. The molecule has 0 bridgehead atoms. The van der Waals surface area contributed by atoms with Crippen LogP contribution in [0, 0.1) is 6.92 Å². The Morgan fingerprint density at radius 1 is 1.03 bits per heavy atom. The summed E-state index contributed by atoms with van der Waals surface area (Å²) in [4.78, 5) is 28.2. The highest BCUT2D eigenvalue weighted by Crippen LogP contribution is 2.32. The van der Waals surface area contributed by atoms with E-state index in [1.54, 1.807) is 31.2 Å². The lowest BCUT2D eigenvalue weighted by Gasteiger charge is -2.33. The van der Waals surface area contributed by atoms with Gasteiger partial charge in [-0.05, 0) is 54.8 Å². The molecule has 3 aromatic rings. The molecule has 0 aromatic heterocycles. The molecular weight excluding hydrogens is 526 g/mol. The molecule has 0 fully saturated rings. The molecule has 8 nitrogen and oxygen atoms in total. The summed E-state index contributed by atoms with van der Waals surface area (Å²) in [6.07, 6.45) is 0.344. The third kappa shape index (κ3) is 6.46. The summed E-state index contributed by atoms with van der Waals surface area (Å²) in [6, 6.07) is 19.1. The Balaban J connectivity index is 2.09. The van der Waals surface area contributed by atoms with Crippen LogP contribution in [0.15, 0.2) is 77.7 Å². The largest absolute Gasteiger partial charge is 0.495 e. The molecule has 0 aliphatic carbocycles. The molecule has 38 heavy (non-hydrogen) atoms. The van der Waals surface area contributed by atoms with Crippen molar-refractivity contribution in [2.75, 3.05) is 25.0 Å². The van der Waals surface area contributed by atoms with Gasteiger partial charge in [0.15, 0.2) is 0 Å². The Morgan fingerprint density at radius 2 is 1.68 bits per heavy atom. The van der Waals surface area contributed by atoms with Crippen molar-refractivity contribution >= 4 is 39.1 Å². The fraction of sp³-hybridized carbons (Fsp3) is 0.286. The van der Waals surface area contributed by atoms with Crippen molar-refractivity contribution in [1.82, 2.24) is 10.2 Å². The van der Waals surface area contributed by atoms with Gasteiger partial charge in [0.25, 0.3) is 10.0 Å². The first-order chi connectivity index (χ1) is 18.1. The van der Waals surface area contributed by atoms with Gasteiger partial charge < -0.3 is 15.0 Å². The zero-order chi connectivity index (χ0) is 27.9. The van der Waals surface area contributed by atoms with Crippen molar-refractivity contribution in [3.63, 3.8) is 0 Å². The van der Waals surface area contributed by atoms with Gasteiger partial charge in [-0.15, -0.1) is 0 Å². The van der Waals surface area contributed by atoms with Gasteiger partial charge in [0.1, 0.15) is 18.3 Å². The summed E-state index contributed by atoms with van der Waals surface area (Å²) in [6.45, 7) is 3.32. The molecule has 0 aliphatic rings. The fourth-order valence-electron chi connectivity index (χ4n) is 4.12. The highest BCUT2D eigenvalue weighted by Gasteiger charge is 2.33. The number of carbonyl (C=O) groups excluding carboxylic acids is 2. The lowest BCUT2D eigenvalue weighted by molar-refractivity contribution is -0.140. The lowest BCUT2D eigenvalue weighted by atomic mass is 10.1. The molecule has 3 aromatic carbocycles. The molecular formula is C28H32ClN3O5S. The maximum atomic E-state index is 13.9. The van der Waals surface area contributed by atoms with E-state index in [2.05, 4.69) is 5.32 Å². The van der Waals surface area contributed by atoms with E-state index in [-0.39, 0.29) is 28.1 Å². The second kappa shape index (κ2) is 12.8. The highest BCUT2D eigenvalue weighted by atomic mass is 35.5. The second-order valence-corrected chi connectivity index (χ2v) is 10.9. The maximum Gasteiger partial charge on any atom is 0.264 e. The predicted octanol–water partition coefficient (Wildman–Crippen LogP) is 4.41. The molecule has 0 aliphatic heterocycles. The fourth-order valence-corrected chi connectivity index (χ4v) is 5.79. The van der Waals surface area contributed by atoms with E-state index in [4.69, 9.17) is 16.3 Å². The topological polar surface area (TPSA) is 96.0 Å². The number of anilines is 1. The number of carbonyl (C=O) groups is 2. The van der Waals surface area contributed by atoms with Crippen LogP contribution in [0.2, 0.25) is 5.02 Å². The van der Waals surface area contributed by atoms with E-state index in [9.17, 15) is 18.0 Å². The third-order valence-corrected chi connectivity index (χ3v) is 8.35. The van der Waals surface area contributed by atoms with Crippen LogP contribution in [0.5, 0.6) is 5.75 Å². The number of benzene rings is 3. The van der Waals surface area contributed by atoms with Crippen molar-refractivity contribution in [2.24, 2.45) is 0 Å². The Kier molecular flexibility index (Phi) is 9.77. The van der Waals surface area contributed by atoms with E-state index in [1.807, 2.05) is 31.2 Å². The van der Waals surface area contributed by atoms with Gasteiger partial charge in [-0.3, -0.25) is 13.9 Å². The Labute approximate surface area is 229 Å². The zero-order valence-corrected chi connectivity index (χ0v) is 23.4. The van der Waals surface area contributed by atoms with Crippen LogP contribution in [0.3, 0.4) is 0 Å². The summed E-state index contributed by atoms with van der Waals surface area (Å²) in [5.41, 5.74) is 2.00. The first-order valence-electron chi connectivity index (χ1n) is 12.1. The molecule has 0 spiro atoms. The number of amides is 2. The van der Waals surface area contributed by atoms with E-state index in [0.29, 0.717) is 12.2 Å². The average molecular weight is 558 g/mol. The minimum atomic E-state index is -4.17. The number of methoxy groups -OCH3 is 1. The number of hydrogen-bond donors (Lipinski definition) is 1. The van der Waals surface area contributed by atoms with Gasteiger partial charge in [0.05, 0.1) is 22.7 Å². The van der Waals surface area contributed by atoms with Crippen molar-refractivity contribution < 1.29 is 22.7 Å². The zero-order valence-electron chi connectivity index (χ0n) is 21.8. The van der Waals surface area contributed by atoms with Gasteiger partial charge in [0, 0.05) is 13.6 Å². The molecule has 2 amide bonds. The van der Waals surface area contributed by atoms with Gasteiger partial charge in [0.2, 0.25) is 11.8 Å². The van der Waals surface area contributed by atoms with Gasteiger partial charge in [-0.1, -0.05) is 61.0 Å². The maximum absolute atomic E-state index is 13.9. The van der Waals surface area contributed by atoms with Gasteiger partial charge >= 0.3 is 0 Å². The molecule has 0 saturated carbocycles. The first-order valence-corrected chi connectivity index (χ1v) is 13.9. The predicted molar refractivity (Wildman–Crippen MR) is 149 cm³/mol. The van der Waals surface area contributed by atoms with Crippen LogP contribution in [0.4, 0.5) is 5.69 Å². The second-order valence-electron chi connectivity index (χ2n) is 8.63. The Bertz CT molecular complexity index is 1380. The summed E-state index contributed by atoms with van der Waals surface area (Å²) in [7, 11) is -1.21. The number of halogens is 1. The number of nitrogens with zero attached hydrogens (tertiary/aromatic N) is 2. The summed E-state index contributed by atoms with van der Waals surface area (Å²) in [5, 5.41) is 2.81. The van der Waals surface area contributed by atoms with Crippen molar-refractivity contribution in [3.05, 3.63) is 88.9 Å². The normalized spacial score (nSPS) is 11.9. The Hall–Kier alpha value is -3.56. The van der Waals surface area contributed by atoms with E-state index in [0.717, 1.165) is 15.4 Å². The summed E-state index contributed by atoms with van der Waals surface area (Å²) < 4.78 is 33.8. The molecule has 3 rings (SSSR count). The molecule has 1 N–H and O–H groups in total. The molecule has 10 heteroatoms. The standard InChI is InChI=1S/C28H32ClN3O5S/c1-5-25(28(34)30-3)31(18-21-12-10-9-11-20(21)2)27(33)19-32(22-15-16-26(37-4)24(29)17-22)38(35,36)23-13-7-6-8-14-23/h6-17,25H,5,18-19H2,1-4H3,(H,30,34)/t25-/m0/s1. The van der Waals surface area contributed by atoms with E-state index < -0.39 is 28.5 Å². The number of sulfonamides is 1. The lowest BCUT2D eigenvalue weighted by Crippen LogP contribution is -2.51. The highest BCUT2D eigenvalue weighted by molar-refractivity contribution is 7.92. The van der Waals surface area contributed by atoms with E-state index in [1.165, 1.54) is 43.3 Å². The number of ether oxygens (including phenoxy) is 1. The van der Waals surface area contributed by atoms with Crippen LogP contribution in [0.25, 0.3) is 0 Å². The molecule has 0 heterocycles. The van der Waals surface area contributed by atoms with Crippen molar-refractivity contribution in [1.29, 1.82) is 0 Å². The van der Waals surface area contributed by atoms with Crippen molar-refractivity contribution in [3.8, 4) is 5.75 Å². The molecule has 0 saturated heterocycles. The number of hydrogen-bond acceptors (Lipinski definition) is 5. The number of aryl methyl sites for hydroxylation is 1. The first kappa shape index (κ1) is 29.0. The summed E-state index contributed by atoms with van der Waals surface area (Å²) >= 11 is 6.33. The van der Waals surface area contributed by atoms with Crippen LogP contribution in [-0.4, -0.2) is 51.9 Å². The number of rotatable bonds is 11. The number of likely N-dealkylation sites (N-methyl/N-ethyl adjacent to an activating group) is 1. The van der Waals surface area contributed by atoms with Crippen LogP contribution < -0.4 is 14.4 Å². The smallest absolute Gasteiger partial charge is 0.264 e. The summed E-state index contributed by atoms with van der Waals surface area (Å²) in [5.74, 6) is -0.500. The Morgan fingerprint density at radius 3 is 2.26 bits per heavy atom. The van der Waals surface area contributed by atoms with E-state index >= 15 is 0 Å². The molecule has 1 atom stereocenters. The van der Waals surface area contributed by atoms with Crippen LogP contribution in [0.1, 0.15) is 24.5 Å². The molecule has 0 unspecified atom stereocenters. The average Bonchev–Trinajstić information content (AvgIpc) is 2.92.